The zero-order valence-electron chi connectivity index (χ0n) is 34.6. The number of fused-ring (bicyclic) bond motifs is 9. The van der Waals surface area contributed by atoms with Crippen molar-refractivity contribution in [2.24, 2.45) is 0 Å². The van der Waals surface area contributed by atoms with Crippen LogP contribution in [0.4, 0.5) is 17.1 Å². The summed E-state index contributed by atoms with van der Waals surface area (Å²) in [7, 11) is 0. The molecule has 0 atom stereocenters. The average molecular weight is 795 g/mol. The van der Waals surface area contributed by atoms with Crippen LogP contribution in [0.15, 0.2) is 213 Å². The molecule has 0 radical (unpaired) electrons. The van der Waals surface area contributed by atoms with E-state index in [2.05, 4.69) is 224 Å². The molecule has 3 heteroatoms. The van der Waals surface area contributed by atoms with E-state index in [-0.39, 0.29) is 5.41 Å². The summed E-state index contributed by atoms with van der Waals surface area (Å²) in [5, 5.41) is 2.39. The molecule has 0 amide bonds. The summed E-state index contributed by atoms with van der Waals surface area (Å²) in [5.74, 6) is 1.51. The maximum absolute atomic E-state index is 6.24. The van der Waals surface area contributed by atoms with E-state index in [0.717, 1.165) is 67.3 Å². The molecule has 9 aromatic carbocycles. The molecule has 0 fully saturated rings. The smallest absolute Gasteiger partial charge is 0.135 e. The van der Waals surface area contributed by atoms with Gasteiger partial charge in [0, 0.05) is 50.1 Å². The molecular formula is C59H42N2O. The van der Waals surface area contributed by atoms with Gasteiger partial charge in [-0.25, -0.2) is 0 Å². The third kappa shape index (κ3) is 5.59. The second-order valence-corrected chi connectivity index (χ2v) is 17.0. The normalized spacial score (nSPS) is 13.3. The van der Waals surface area contributed by atoms with Gasteiger partial charge in [-0.1, -0.05) is 148 Å². The maximum atomic E-state index is 6.24. The molecule has 0 saturated heterocycles. The lowest BCUT2D eigenvalue weighted by molar-refractivity contribution is 0.514. The number of aromatic nitrogens is 1. The summed E-state index contributed by atoms with van der Waals surface area (Å²) in [6, 6.07) is 74.8. The largest absolute Gasteiger partial charge is 0.457 e. The van der Waals surface area contributed by atoms with Gasteiger partial charge >= 0.3 is 0 Å². The molecule has 12 rings (SSSR count). The lowest BCUT2D eigenvalue weighted by Crippen LogP contribution is -2.16. The second-order valence-electron chi connectivity index (χ2n) is 17.0. The van der Waals surface area contributed by atoms with Gasteiger partial charge in [0.2, 0.25) is 0 Å². The highest BCUT2D eigenvalue weighted by atomic mass is 16.5. The van der Waals surface area contributed by atoms with Gasteiger partial charge in [-0.2, -0.15) is 0 Å². The molecule has 0 N–H and O–H groups in total. The Bertz CT molecular complexity index is 3390. The predicted octanol–water partition coefficient (Wildman–Crippen LogP) is 15.9. The SMILES string of the molecule is C=C1Oc2ccccc2-c2cc3c4cc(-c5ccc(N(c6ccc(-c7ccccc7)cc6)c6ccc7c(c6)C(C)(C)c6ccccc6-7)cc5)ccc4n(-c4ccccc4)c3cc21. The minimum Gasteiger partial charge on any atom is -0.457 e. The van der Waals surface area contributed by atoms with Crippen LogP contribution in [-0.4, -0.2) is 4.57 Å². The quantitative estimate of drug-likeness (QED) is 0.167. The number of benzene rings is 9. The van der Waals surface area contributed by atoms with E-state index in [1.807, 2.05) is 12.1 Å². The lowest BCUT2D eigenvalue weighted by Gasteiger charge is -2.28. The van der Waals surface area contributed by atoms with Crippen molar-refractivity contribution in [2.45, 2.75) is 19.3 Å². The Morgan fingerprint density at radius 1 is 0.419 bits per heavy atom. The highest BCUT2D eigenvalue weighted by molar-refractivity contribution is 6.13. The van der Waals surface area contributed by atoms with E-state index in [9.17, 15) is 0 Å². The van der Waals surface area contributed by atoms with Crippen molar-refractivity contribution in [3.63, 3.8) is 0 Å². The van der Waals surface area contributed by atoms with Gasteiger partial charge in [0.05, 0.1) is 11.0 Å². The predicted molar refractivity (Wildman–Crippen MR) is 259 cm³/mol. The zero-order valence-corrected chi connectivity index (χ0v) is 34.6. The summed E-state index contributed by atoms with van der Waals surface area (Å²) in [4.78, 5) is 2.40. The van der Waals surface area contributed by atoms with E-state index in [1.165, 1.54) is 44.2 Å². The van der Waals surface area contributed by atoms with Crippen molar-refractivity contribution in [1.82, 2.24) is 4.57 Å². The maximum Gasteiger partial charge on any atom is 0.135 e. The molecule has 0 saturated carbocycles. The molecule has 10 aromatic rings. The number of rotatable bonds is 6. The Morgan fingerprint density at radius 2 is 0.984 bits per heavy atom. The van der Waals surface area contributed by atoms with Crippen LogP contribution in [0, 0.1) is 0 Å². The van der Waals surface area contributed by atoms with Crippen molar-refractivity contribution in [2.75, 3.05) is 4.90 Å². The van der Waals surface area contributed by atoms with Crippen LogP contribution in [0.5, 0.6) is 5.75 Å². The Morgan fingerprint density at radius 3 is 1.73 bits per heavy atom. The van der Waals surface area contributed by atoms with Gasteiger partial charge in [-0.15, -0.1) is 0 Å². The summed E-state index contributed by atoms with van der Waals surface area (Å²) >= 11 is 0. The number of hydrogen-bond donors (Lipinski definition) is 0. The average Bonchev–Trinajstić information content (AvgIpc) is 3.76. The van der Waals surface area contributed by atoms with Gasteiger partial charge in [0.15, 0.2) is 0 Å². The fourth-order valence-corrected chi connectivity index (χ4v) is 10.0. The molecule has 1 aromatic heterocycles. The molecule has 1 aliphatic heterocycles. The molecular weight excluding hydrogens is 753 g/mol. The first kappa shape index (κ1) is 36.0. The molecule has 1 aliphatic carbocycles. The first-order valence-corrected chi connectivity index (χ1v) is 21.4. The monoisotopic (exact) mass is 794 g/mol. The standard InChI is InChI=1S/C59H42N2O/c1-38-50-37-57-53(36-51(50)49-19-11-13-21-58(49)62-38)52-34-42(26-33-56(52)61(57)43-16-8-5-9-17-43)41-24-29-45(30-25-41)60(44-27-22-40(23-28-44)39-14-6-4-7-15-39)46-31-32-48-47-18-10-12-20-54(47)59(2,3)55(48)35-46/h4-37H,1H2,2-3H3. The molecule has 2 heterocycles. The Hall–Kier alpha value is -7.88. The van der Waals surface area contributed by atoms with E-state index in [0.29, 0.717) is 5.76 Å². The van der Waals surface area contributed by atoms with Gasteiger partial charge < -0.3 is 14.2 Å². The Balaban J connectivity index is 0.982. The van der Waals surface area contributed by atoms with Crippen LogP contribution in [0.3, 0.4) is 0 Å². The molecule has 0 bridgehead atoms. The first-order chi connectivity index (χ1) is 30.4. The fourth-order valence-electron chi connectivity index (χ4n) is 10.0. The van der Waals surface area contributed by atoms with E-state index >= 15 is 0 Å². The van der Waals surface area contributed by atoms with Crippen molar-refractivity contribution >= 4 is 44.6 Å². The Labute approximate surface area is 362 Å². The van der Waals surface area contributed by atoms with Gasteiger partial charge in [-0.3, -0.25) is 0 Å². The van der Waals surface area contributed by atoms with Gasteiger partial charge in [-0.05, 0) is 129 Å². The summed E-state index contributed by atoms with van der Waals surface area (Å²) in [5.41, 5.74) is 20.0. The summed E-state index contributed by atoms with van der Waals surface area (Å²) in [6.07, 6.45) is 0. The molecule has 2 aliphatic rings. The van der Waals surface area contributed by atoms with Crippen molar-refractivity contribution < 1.29 is 4.74 Å². The molecule has 3 nitrogen and oxygen atoms in total. The zero-order chi connectivity index (χ0) is 41.5. The minimum atomic E-state index is -0.110. The van der Waals surface area contributed by atoms with Crippen molar-refractivity contribution in [1.29, 1.82) is 0 Å². The van der Waals surface area contributed by atoms with Crippen LogP contribution in [-0.2, 0) is 5.41 Å². The fraction of sp³-hybridized carbons (Fsp3) is 0.0508. The lowest BCUT2D eigenvalue weighted by atomic mass is 9.82. The number of nitrogens with zero attached hydrogens (tertiary/aromatic N) is 2. The third-order valence-corrected chi connectivity index (χ3v) is 13.1. The third-order valence-electron chi connectivity index (χ3n) is 13.1. The van der Waals surface area contributed by atoms with E-state index < -0.39 is 0 Å². The molecule has 62 heavy (non-hydrogen) atoms. The van der Waals surface area contributed by atoms with Crippen molar-refractivity contribution in [3.05, 3.63) is 230 Å². The Kier molecular flexibility index (Phi) is 8.04. The molecule has 0 unspecified atom stereocenters. The van der Waals surface area contributed by atoms with Crippen LogP contribution in [0.1, 0.15) is 30.5 Å². The van der Waals surface area contributed by atoms with Gasteiger partial charge in [0.1, 0.15) is 11.5 Å². The molecule has 0 spiro atoms. The molecule has 294 valence electrons. The number of hydrogen-bond acceptors (Lipinski definition) is 2. The number of anilines is 3. The van der Waals surface area contributed by atoms with E-state index in [1.54, 1.807) is 0 Å². The van der Waals surface area contributed by atoms with Crippen LogP contribution < -0.4 is 9.64 Å². The van der Waals surface area contributed by atoms with Crippen LogP contribution in [0.25, 0.3) is 77.8 Å². The van der Waals surface area contributed by atoms with Crippen molar-refractivity contribution in [3.8, 4) is 55.9 Å². The second kappa shape index (κ2) is 13.8. The topological polar surface area (TPSA) is 17.4 Å². The van der Waals surface area contributed by atoms with Crippen LogP contribution in [0.2, 0.25) is 0 Å². The summed E-state index contributed by atoms with van der Waals surface area (Å²) < 4.78 is 8.61. The minimum absolute atomic E-state index is 0.110. The van der Waals surface area contributed by atoms with E-state index in [4.69, 9.17) is 4.74 Å². The first-order valence-electron chi connectivity index (χ1n) is 21.4. The highest BCUT2D eigenvalue weighted by Crippen LogP contribution is 2.51. The summed E-state index contributed by atoms with van der Waals surface area (Å²) in [6.45, 7) is 9.04. The number of ether oxygens (including phenoxy) is 1. The number of para-hydroxylation sites is 2. The van der Waals surface area contributed by atoms with Crippen LogP contribution >= 0.6 is 0 Å². The van der Waals surface area contributed by atoms with Gasteiger partial charge in [0.25, 0.3) is 0 Å². The highest BCUT2D eigenvalue weighted by Gasteiger charge is 2.36.